The SMILES string of the molecule is C=CCOc1ccc(/C=C2/C(=N)N3N=C(C(CC)CC)SC3=NC2=O)cc1OC. The Bertz CT molecular complexity index is 932. The van der Waals surface area contributed by atoms with Crippen LogP contribution in [0, 0.1) is 11.3 Å². The number of carbonyl (C=O) groups excluding carboxylic acids is 1. The predicted molar refractivity (Wildman–Crippen MR) is 118 cm³/mol. The van der Waals surface area contributed by atoms with Crippen molar-refractivity contribution in [3.63, 3.8) is 0 Å². The molecule has 0 atom stereocenters. The summed E-state index contributed by atoms with van der Waals surface area (Å²) in [5.74, 6) is 0.998. The number of hydrogen-bond donors (Lipinski definition) is 1. The summed E-state index contributed by atoms with van der Waals surface area (Å²) in [6, 6.07) is 5.31. The lowest BCUT2D eigenvalue weighted by Crippen LogP contribution is -2.35. The molecule has 0 fully saturated rings. The first-order valence-corrected chi connectivity index (χ1v) is 10.3. The third-order valence-electron chi connectivity index (χ3n) is 4.66. The van der Waals surface area contributed by atoms with Gasteiger partial charge in [-0.15, -0.1) is 0 Å². The summed E-state index contributed by atoms with van der Waals surface area (Å²) < 4.78 is 10.9. The smallest absolute Gasteiger partial charge is 0.283 e. The summed E-state index contributed by atoms with van der Waals surface area (Å²) >= 11 is 1.38. The molecule has 0 saturated heterocycles. The first-order valence-electron chi connectivity index (χ1n) is 9.44. The zero-order valence-corrected chi connectivity index (χ0v) is 17.6. The van der Waals surface area contributed by atoms with Crippen molar-refractivity contribution in [3.8, 4) is 11.5 Å². The van der Waals surface area contributed by atoms with Crippen molar-refractivity contribution in [2.45, 2.75) is 26.7 Å². The molecule has 29 heavy (non-hydrogen) atoms. The van der Waals surface area contributed by atoms with Gasteiger partial charge < -0.3 is 9.47 Å². The molecule has 0 unspecified atom stereocenters. The van der Waals surface area contributed by atoms with Crippen LogP contribution >= 0.6 is 11.8 Å². The van der Waals surface area contributed by atoms with Crippen LogP contribution in [0.2, 0.25) is 0 Å². The van der Waals surface area contributed by atoms with Crippen LogP contribution in [-0.2, 0) is 4.79 Å². The fraction of sp³-hybridized carbons (Fsp3) is 0.333. The predicted octanol–water partition coefficient (Wildman–Crippen LogP) is 4.32. The van der Waals surface area contributed by atoms with Crippen molar-refractivity contribution in [1.82, 2.24) is 5.01 Å². The van der Waals surface area contributed by atoms with Gasteiger partial charge in [0.15, 0.2) is 17.3 Å². The molecule has 2 aliphatic rings. The second-order valence-electron chi connectivity index (χ2n) is 6.48. The molecule has 3 rings (SSSR count). The number of nitrogens with one attached hydrogen (secondary N) is 1. The van der Waals surface area contributed by atoms with E-state index < -0.39 is 5.91 Å². The zero-order chi connectivity index (χ0) is 21.0. The quantitative estimate of drug-likeness (QED) is 0.508. The highest BCUT2D eigenvalue weighted by Crippen LogP contribution is 2.34. The van der Waals surface area contributed by atoms with E-state index in [1.54, 1.807) is 37.5 Å². The number of amidine groups is 2. The van der Waals surface area contributed by atoms with E-state index in [-0.39, 0.29) is 11.4 Å². The molecule has 152 valence electrons. The van der Waals surface area contributed by atoms with Gasteiger partial charge in [-0.1, -0.05) is 32.6 Å². The largest absolute Gasteiger partial charge is 0.493 e. The second-order valence-corrected chi connectivity index (χ2v) is 7.47. The Morgan fingerprint density at radius 3 is 2.72 bits per heavy atom. The lowest BCUT2D eigenvalue weighted by Gasteiger charge is -2.20. The molecule has 1 amide bonds. The Hall–Kier alpha value is -2.87. The molecule has 0 bridgehead atoms. The van der Waals surface area contributed by atoms with Gasteiger partial charge in [-0.25, -0.2) is 0 Å². The van der Waals surface area contributed by atoms with Crippen molar-refractivity contribution >= 4 is 39.8 Å². The van der Waals surface area contributed by atoms with Crippen LogP contribution in [0.15, 0.2) is 46.5 Å². The Morgan fingerprint density at radius 2 is 2.07 bits per heavy atom. The maximum Gasteiger partial charge on any atom is 0.283 e. The summed E-state index contributed by atoms with van der Waals surface area (Å²) in [5.41, 5.74) is 0.890. The highest BCUT2D eigenvalue weighted by atomic mass is 32.2. The molecular weight excluding hydrogens is 388 g/mol. The normalized spacial score (nSPS) is 17.4. The van der Waals surface area contributed by atoms with Gasteiger partial charge in [0, 0.05) is 5.92 Å². The number of thioether (sulfide) groups is 1. The molecule has 2 aliphatic heterocycles. The summed E-state index contributed by atoms with van der Waals surface area (Å²) in [6.07, 6.45) is 5.18. The van der Waals surface area contributed by atoms with Crippen molar-refractivity contribution in [2.24, 2.45) is 16.0 Å². The van der Waals surface area contributed by atoms with E-state index in [4.69, 9.17) is 14.9 Å². The number of methoxy groups -OCH3 is 1. The van der Waals surface area contributed by atoms with Crippen LogP contribution in [0.1, 0.15) is 32.3 Å². The summed E-state index contributed by atoms with van der Waals surface area (Å²) in [5, 5.41) is 15.8. The van der Waals surface area contributed by atoms with Crippen LogP contribution in [0.3, 0.4) is 0 Å². The van der Waals surface area contributed by atoms with Crippen molar-refractivity contribution in [1.29, 1.82) is 5.41 Å². The van der Waals surface area contributed by atoms with Gasteiger partial charge in [-0.2, -0.15) is 15.1 Å². The number of fused-ring (bicyclic) bond motifs is 1. The maximum atomic E-state index is 12.6. The molecule has 0 radical (unpaired) electrons. The average Bonchev–Trinajstić information content (AvgIpc) is 3.14. The number of benzene rings is 1. The van der Waals surface area contributed by atoms with E-state index in [0.717, 1.165) is 17.9 Å². The number of ether oxygens (including phenoxy) is 2. The van der Waals surface area contributed by atoms with Crippen molar-refractivity contribution < 1.29 is 14.3 Å². The summed E-state index contributed by atoms with van der Waals surface area (Å²) in [6.45, 7) is 8.20. The Morgan fingerprint density at radius 1 is 1.31 bits per heavy atom. The number of hydrogen-bond acceptors (Lipinski definition) is 6. The molecule has 0 saturated carbocycles. The van der Waals surface area contributed by atoms with Crippen LogP contribution < -0.4 is 9.47 Å². The first-order chi connectivity index (χ1) is 14.0. The Labute approximate surface area is 174 Å². The zero-order valence-electron chi connectivity index (χ0n) is 16.8. The number of amides is 1. The monoisotopic (exact) mass is 412 g/mol. The van der Waals surface area contributed by atoms with E-state index in [1.165, 1.54) is 16.8 Å². The number of rotatable bonds is 8. The molecule has 0 spiro atoms. The van der Waals surface area contributed by atoms with Crippen LogP contribution in [0.5, 0.6) is 11.5 Å². The average molecular weight is 413 g/mol. The highest BCUT2D eigenvalue weighted by molar-refractivity contribution is 8.27. The van der Waals surface area contributed by atoms with Gasteiger partial charge >= 0.3 is 0 Å². The number of nitrogens with zero attached hydrogens (tertiary/aromatic N) is 3. The maximum absolute atomic E-state index is 12.6. The Kier molecular flexibility index (Phi) is 6.53. The van der Waals surface area contributed by atoms with E-state index in [0.29, 0.717) is 34.8 Å². The van der Waals surface area contributed by atoms with Gasteiger partial charge in [0.2, 0.25) is 5.17 Å². The topological polar surface area (TPSA) is 87.3 Å². The number of aliphatic imine (C=N–C) groups is 1. The number of hydrazone groups is 1. The molecule has 1 N–H and O–H groups in total. The van der Waals surface area contributed by atoms with Gasteiger partial charge in [0.25, 0.3) is 5.91 Å². The fourth-order valence-corrected chi connectivity index (χ4v) is 4.18. The summed E-state index contributed by atoms with van der Waals surface area (Å²) in [4.78, 5) is 16.7. The third kappa shape index (κ3) is 4.27. The van der Waals surface area contributed by atoms with E-state index in [9.17, 15) is 4.79 Å². The molecule has 0 aromatic heterocycles. The van der Waals surface area contributed by atoms with Crippen LogP contribution in [0.4, 0.5) is 0 Å². The molecular formula is C21H24N4O3S. The highest BCUT2D eigenvalue weighted by Gasteiger charge is 2.37. The van der Waals surface area contributed by atoms with E-state index >= 15 is 0 Å². The molecule has 8 heteroatoms. The second kappa shape index (κ2) is 9.09. The van der Waals surface area contributed by atoms with E-state index in [2.05, 4.69) is 30.5 Å². The molecule has 0 aliphatic carbocycles. The minimum atomic E-state index is -0.444. The van der Waals surface area contributed by atoms with Gasteiger partial charge in [0.05, 0.1) is 12.7 Å². The molecule has 7 nitrogen and oxygen atoms in total. The molecule has 2 heterocycles. The van der Waals surface area contributed by atoms with E-state index in [1.807, 2.05) is 0 Å². The first kappa shape index (κ1) is 20.9. The van der Waals surface area contributed by atoms with Gasteiger partial charge in [-0.3, -0.25) is 10.2 Å². The van der Waals surface area contributed by atoms with Gasteiger partial charge in [-0.05, 0) is 48.4 Å². The lowest BCUT2D eigenvalue weighted by atomic mass is 10.1. The van der Waals surface area contributed by atoms with Gasteiger partial charge in [0.1, 0.15) is 11.7 Å². The van der Waals surface area contributed by atoms with Crippen LogP contribution in [0.25, 0.3) is 6.08 Å². The number of carbonyl (C=O) groups is 1. The molecule has 1 aromatic rings. The fourth-order valence-electron chi connectivity index (χ4n) is 3.02. The lowest BCUT2D eigenvalue weighted by molar-refractivity contribution is -0.114. The minimum absolute atomic E-state index is 0.0272. The Balaban J connectivity index is 1.90. The summed E-state index contributed by atoms with van der Waals surface area (Å²) in [7, 11) is 1.55. The minimum Gasteiger partial charge on any atom is -0.493 e. The third-order valence-corrected chi connectivity index (χ3v) is 5.73. The standard InChI is InChI=1S/C21H24N4O3S/c1-5-10-28-16-9-8-13(12-17(16)27-4)11-15-18(22)25-21(23-19(15)26)29-20(24-25)14(6-2)7-3/h5,8-9,11-12,14,22H,1,6-7,10H2,2-4H3/b15-11-,22-18?. The molecule has 1 aromatic carbocycles. The van der Waals surface area contributed by atoms with Crippen molar-refractivity contribution in [2.75, 3.05) is 13.7 Å². The van der Waals surface area contributed by atoms with Crippen LogP contribution in [-0.4, -0.2) is 40.7 Å². The van der Waals surface area contributed by atoms with Crippen molar-refractivity contribution in [3.05, 3.63) is 42.0 Å².